The van der Waals surface area contributed by atoms with Crippen LogP contribution in [0.2, 0.25) is 0 Å². The average molecular weight is 1140 g/mol. The topological polar surface area (TPSA) is 63.2 Å². The lowest BCUT2D eigenvalue weighted by Gasteiger charge is -2.44. The van der Waals surface area contributed by atoms with Gasteiger partial charge >= 0.3 is 0 Å². The van der Waals surface area contributed by atoms with Crippen LogP contribution in [0.15, 0.2) is 314 Å². The second-order valence-electron chi connectivity index (χ2n) is 23.0. The number of anilines is 6. The van der Waals surface area contributed by atoms with Crippen molar-refractivity contribution in [2.24, 2.45) is 0 Å². The normalized spacial score (nSPS) is 12.4. The van der Waals surface area contributed by atoms with E-state index >= 15 is 0 Å². The Morgan fingerprint density at radius 1 is 0.303 bits per heavy atom. The molecule has 0 unspecified atom stereocenters. The summed E-state index contributed by atoms with van der Waals surface area (Å²) in [7, 11) is 0. The molecule has 414 valence electrons. The van der Waals surface area contributed by atoms with E-state index in [0.29, 0.717) is 17.5 Å². The fourth-order valence-corrected chi connectivity index (χ4v) is 14.1. The van der Waals surface area contributed by atoms with Gasteiger partial charge in [-0.25, -0.2) is 15.0 Å². The standard InChI is InChI=1S/C81H51BN6O/c1-4-22-53(23-5-1)79-83-80(54-24-6-2-7-25-54)85-81(84-79)65-35-20-34-61(77(65)88-68-38-14-10-33-64(68)75-71(88)49-48-63-62-32-11-17-43-74(62)89-78(63)75)58-29-19-28-57(51-58)56-27-18-26-55(50-56)52-44-46-60(47-45-52)87-70-40-16-13-37-67(70)82-66-36-12-15-39-69(66)86(59-30-8-3-9-31-59)72-41-21-42-73(87)76(72)82/h1-51H. The SMILES string of the molecule is c1ccc(-c2nc(-c3ccccc3)nc(-c3cccc(-c4cccc(-c5cccc(-c6ccc(N7c8ccccc8B8c9ccccc9N(c9ccccc9)c9cccc7c98)cc6)c5)c4)c3-n3c4ccccc4c4c5oc6ccccc6c5ccc43)n2)cc1. The molecule has 0 amide bonds. The number of para-hydroxylation sites is 6. The summed E-state index contributed by atoms with van der Waals surface area (Å²) in [5.41, 5.74) is 24.9. The van der Waals surface area contributed by atoms with Crippen molar-refractivity contribution in [2.45, 2.75) is 0 Å². The number of hydrogen-bond donors (Lipinski definition) is 0. The van der Waals surface area contributed by atoms with Gasteiger partial charge in [0.2, 0.25) is 0 Å². The van der Waals surface area contributed by atoms with E-state index < -0.39 is 0 Å². The molecular formula is C81H51BN6O. The maximum Gasteiger partial charge on any atom is 0.252 e. The third-order valence-electron chi connectivity index (χ3n) is 18.0. The molecule has 0 N–H and O–H groups in total. The van der Waals surface area contributed by atoms with E-state index in [1.165, 1.54) is 39.1 Å². The van der Waals surface area contributed by atoms with Crippen molar-refractivity contribution < 1.29 is 4.42 Å². The van der Waals surface area contributed by atoms with Crippen LogP contribution in [0.1, 0.15) is 0 Å². The Balaban J connectivity index is 0.767. The second kappa shape index (κ2) is 20.4. The number of furan rings is 1. The molecule has 89 heavy (non-hydrogen) atoms. The minimum atomic E-state index is 0.0842. The van der Waals surface area contributed by atoms with Crippen molar-refractivity contribution in [1.29, 1.82) is 0 Å². The molecule has 8 heteroatoms. The molecule has 0 spiro atoms. The molecule has 7 nitrogen and oxygen atoms in total. The first kappa shape index (κ1) is 50.5. The highest BCUT2D eigenvalue weighted by atomic mass is 16.3. The van der Waals surface area contributed by atoms with Crippen LogP contribution in [-0.4, -0.2) is 26.2 Å². The lowest BCUT2D eigenvalue weighted by molar-refractivity contribution is 0.673. The molecular weight excluding hydrogens is 1080 g/mol. The lowest BCUT2D eigenvalue weighted by Crippen LogP contribution is -2.61. The van der Waals surface area contributed by atoms with Gasteiger partial charge in [0.25, 0.3) is 6.71 Å². The van der Waals surface area contributed by atoms with Gasteiger partial charge in [0, 0.05) is 72.5 Å². The Morgan fingerprint density at radius 3 is 1.46 bits per heavy atom. The fraction of sp³-hybridized carbons (Fsp3) is 0. The molecule has 16 aromatic rings. The predicted molar refractivity (Wildman–Crippen MR) is 368 cm³/mol. The van der Waals surface area contributed by atoms with Gasteiger partial charge < -0.3 is 18.8 Å². The Hall–Kier alpha value is -11.9. The first-order chi connectivity index (χ1) is 44.2. The van der Waals surface area contributed by atoms with E-state index in [4.69, 9.17) is 19.4 Å². The summed E-state index contributed by atoms with van der Waals surface area (Å²) >= 11 is 0. The van der Waals surface area contributed by atoms with Crippen LogP contribution < -0.4 is 26.2 Å². The largest absolute Gasteiger partial charge is 0.455 e. The zero-order chi connectivity index (χ0) is 58.5. The highest BCUT2D eigenvalue weighted by Gasteiger charge is 2.43. The molecule has 3 aromatic heterocycles. The fourth-order valence-electron chi connectivity index (χ4n) is 14.1. The van der Waals surface area contributed by atoms with Crippen LogP contribution in [0.25, 0.3) is 117 Å². The monoisotopic (exact) mass is 1130 g/mol. The smallest absolute Gasteiger partial charge is 0.252 e. The minimum absolute atomic E-state index is 0.0842. The maximum atomic E-state index is 6.84. The van der Waals surface area contributed by atoms with E-state index in [1.807, 2.05) is 42.5 Å². The Kier molecular flexibility index (Phi) is 11.6. The van der Waals surface area contributed by atoms with E-state index in [2.05, 4.69) is 281 Å². The third-order valence-corrected chi connectivity index (χ3v) is 18.0. The number of hydrogen-bond acceptors (Lipinski definition) is 6. The van der Waals surface area contributed by atoms with Gasteiger partial charge in [0.15, 0.2) is 17.5 Å². The summed E-state index contributed by atoms with van der Waals surface area (Å²) in [6.45, 7) is 0.0842. The van der Waals surface area contributed by atoms with Crippen molar-refractivity contribution in [3.63, 3.8) is 0 Å². The molecule has 0 saturated heterocycles. The molecule has 18 rings (SSSR count). The molecule has 5 heterocycles. The highest BCUT2D eigenvalue weighted by molar-refractivity contribution is 7.00. The molecule has 0 radical (unpaired) electrons. The first-order valence-corrected chi connectivity index (χ1v) is 30.3. The number of benzene rings is 13. The van der Waals surface area contributed by atoms with Crippen molar-refractivity contribution in [1.82, 2.24) is 19.5 Å². The van der Waals surface area contributed by atoms with Crippen molar-refractivity contribution in [3.8, 4) is 73.2 Å². The van der Waals surface area contributed by atoms with Gasteiger partial charge in [-0.15, -0.1) is 0 Å². The molecule has 0 bridgehead atoms. The van der Waals surface area contributed by atoms with Crippen LogP contribution in [0, 0.1) is 0 Å². The van der Waals surface area contributed by atoms with E-state index in [-0.39, 0.29) is 6.71 Å². The molecule has 0 atom stereocenters. The van der Waals surface area contributed by atoms with Gasteiger partial charge in [-0.3, -0.25) is 0 Å². The zero-order valence-electron chi connectivity index (χ0n) is 48.1. The molecule has 2 aliphatic heterocycles. The van der Waals surface area contributed by atoms with Crippen LogP contribution in [0.4, 0.5) is 34.1 Å². The van der Waals surface area contributed by atoms with Gasteiger partial charge in [0.05, 0.1) is 22.1 Å². The van der Waals surface area contributed by atoms with Crippen molar-refractivity contribution in [2.75, 3.05) is 9.80 Å². The lowest BCUT2D eigenvalue weighted by atomic mass is 9.33. The van der Waals surface area contributed by atoms with Crippen LogP contribution in [-0.2, 0) is 0 Å². The number of rotatable bonds is 9. The quantitative estimate of drug-likeness (QED) is 0.134. The Morgan fingerprint density at radius 2 is 0.787 bits per heavy atom. The summed E-state index contributed by atoms with van der Waals surface area (Å²) in [4.78, 5) is 20.8. The molecule has 2 aliphatic rings. The predicted octanol–water partition coefficient (Wildman–Crippen LogP) is 19.0. The van der Waals surface area contributed by atoms with Gasteiger partial charge in [-0.05, 0) is 135 Å². The summed E-state index contributed by atoms with van der Waals surface area (Å²) in [6.07, 6.45) is 0. The van der Waals surface area contributed by atoms with Crippen LogP contribution in [0.5, 0.6) is 0 Å². The highest BCUT2D eigenvalue weighted by Crippen LogP contribution is 2.47. The van der Waals surface area contributed by atoms with Crippen LogP contribution in [0.3, 0.4) is 0 Å². The van der Waals surface area contributed by atoms with Crippen molar-refractivity contribution in [3.05, 3.63) is 309 Å². The van der Waals surface area contributed by atoms with Crippen LogP contribution >= 0.6 is 0 Å². The van der Waals surface area contributed by atoms with E-state index in [9.17, 15) is 0 Å². The number of fused-ring (bicyclic) bond motifs is 11. The number of aromatic nitrogens is 4. The maximum absolute atomic E-state index is 6.84. The van der Waals surface area contributed by atoms with Gasteiger partial charge in [-0.1, -0.05) is 218 Å². The second-order valence-corrected chi connectivity index (χ2v) is 23.0. The molecule has 0 saturated carbocycles. The Labute approximate surface area is 514 Å². The van der Waals surface area contributed by atoms with Crippen molar-refractivity contribution >= 4 is 101 Å². The molecule has 0 fully saturated rings. The van der Waals surface area contributed by atoms with Gasteiger partial charge in [-0.2, -0.15) is 0 Å². The minimum Gasteiger partial charge on any atom is -0.455 e. The zero-order valence-corrected chi connectivity index (χ0v) is 48.1. The van der Waals surface area contributed by atoms with Gasteiger partial charge in [0.1, 0.15) is 11.2 Å². The van der Waals surface area contributed by atoms with E-state index in [0.717, 1.165) is 111 Å². The first-order valence-electron chi connectivity index (χ1n) is 30.3. The summed E-state index contributed by atoms with van der Waals surface area (Å²) < 4.78 is 9.24. The Bertz CT molecular complexity index is 5410. The average Bonchev–Trinajstić information content (AvgIpc) is 1.63. The third kappa shape index (κ3) is 8.11. The summed E-state index contributed by atoms with van der Waals surface area (Å²) in [5, 5.41) is 4.31. The number of nitrogens with zero attached hydrogens (tertiary/aromatic N) is 6. The molecule has 0 aliphatic carbocycles. The van der Waals surface area contributed by atoms with E-state index in [1.54, 1.807) is 0 Å². The molecule has 13 aromatic carbocycles. The summed E-state index contributed by atoms with van der Waals surface area (Å²) in [6, 6.07) is 111. The summed E-state index contributed by atoms with van der Waals surface area (Å²) in [5.74, 6) is 1.76.